The molecule has 0 aliphatic carbocycles. The molecule has 4 rings (SSSR count). The smallest absolute Gasteiger partial charge is 0.325 e. The van der Waals surface area contributed by atoms with E-state index < -0.39 is 12.1 Å². The third-order valence-electron chi connectivity index (χ3n) is 6.14. The van der Waals surface area contributed by atoms with Crippen molar-refractivity contribution in [1.29, 1.82) is 0 Å². The van der Waals surface area contributed by atoms with Crippen molar-refractivity contribution >= 4 is 23.9 Å². The Morgan fingerprint density at radius 3 is 2.30 bits per heavy atom. The van der Waals surface area contributed by atoms with Gasteiger partial charge in [-0.05, 0) is 17.5 Å². The fraction of sp³-hybridized carbons (Fsp3) is 0.346. The maximum absolute atomic E-state index is 12.7. The first-order valence-corrected chi connectivity index (χ1v) is 11.5. The molecule has 0 aromatic heterocycles. The number of carbonyl (C=O) groups is 3. The number of piperazine rings is 1. The van der Waals surface area contributed by atoms with Crippen molar-refractivity contribution in [1.82, 2.24) is 20.0 Å². The number of nitrogens with one attached hydrogen (secondary N) is 1. The van der Waals surface area contributed by atoms with Crippen LogP contribution in [0.15, 0.2) is 66.7 Å². The van der Waals surface area contributed by atoms with Crippen LogP contribution in [0.2, 0.25) is 0 Å². The highest BCUT2D eigenvalue weighted by Crippen LogP contribution is 2.16. The number of nitrogens with zero attached hydrogens (tertiary/aromatic N) is 3. The van der Waals surface area contributed by atoms with E-state index in [0.717, 1.165) is 25.2 Å². The molecule has 7 heteroatoms. The van der Waals surface area contributed by atoms with E-state index in [9.17, 15) is 14.4 Å². The van der Waals surface area contributed by atoms with Gasteiger partial charge in [-0.25, -0.2) is 4.79 Å². The first-order chi connectivity index (χ1) is 16.1. The maximum Gasteiger partial charge on any atom is 0.325 e. The minimum Gasteiger partial charge on any atom is -0.340 e. The molecule has 33 heavy (non-hydrogen) atoms. The molecule has 0 radical (unpaired) electrons. The highest BCUT2D eigenvalue weighted by atomic mass is 16.2. The van der Waals surface area contributed by atoms with E-state index in [1.165, 1.54) is 10.5 Å². The lowest BCUT2D eigenvalue weighted by molar-refractivity contribution is -0.133. The first kappa shape index (κ1) is 22.7. The number of imide groups is 1. The zero-order valence-electron chi connectivity index (χ0n) is 18.7. The number of carbonyl (C=O) groups excluding carboxylic acids is 3. The third-order valence-corrected chi connectivity index (χ3v) is 6.14. The van der Waals surface area contributed by atoms with Crippen LogP contribution in [0, 0.1) is 0 Å². The molecule has 2 saturated heterocycles. The lowest BCUT2D eigenvalue weighted by atomic mass is 10.1. The molecule has 0 bridgehead atoms. The van der Waals surface area contributed by atoms with E-state index >= 15 is 0 Å². The standard InChI is InChI=1S/C26H30N4O3/c31-24(29-18-16-28(17-19-29)15-7-12-21-8-3-1-4-9-21)14-13-23-25(32)30(26(33)27-23)20-22-10-5-2-6-11-22/h1-12,23H,13-20H2,(H,27,33)/b12-7+. The van der Waals surface area contributed by atoms with Crippen LogP contribution in [0.3, 0.4) is 0 Å². The molecule has 1 N–H and O–H groups in total. The Kier molecular flexibility index (Phi) is 7.52. The molecule has 2 aromatic carbocycles. The van der Waals surface area contributed by atoms with Gasteiger partial charge in [-0.15, -0.1) is 0 Å². The van der Waals surface area contributed by atoms with Gasteiger partial charge in [0, 0.05) is 39.1 Å². The van der Waals surface area contributed by atoms with Gasteiger partial charge >= 0.3 is 6.03 Å². The molecule has 2 aromatic rings. The Morgan fingerprint density at radius 2 is 1.61 bits per heavy atom. The molecule has 172 valence electrons. The fourth-order valence-corrected chi connectivity index (χ4v) is 4.20. The van der Waals surface area contributed by atoms with Crippen molar-refractivity contribution in [3.8, 4) is 0 Å². The third kappa shape index (κ3) is 6.08. The first-order valence-electron chi connectivity index (χ1n) is 11.5. The largest absolute Gasteiger partial charge is 0.340 e. The predicted molar refractivity (Wildman–Crippen MR) is 127 cm³/mol. The second-order valence-electron chi connectivity index (χ2n) is 8.45. The SMILES string of the molecule is O=C(CCC1NC(=O)N(Cc2ccccc2)C1=O)N1CCN(C/C=C/c2ccccc2)CC1. The van der Waals surface area contributed by atoms with Gasteiger partial charge in [0.2, 0.25) is 5.91 Å². The molecule has 2 heterocycles. The summed E-state index contributed by atoms with van der Waals surface area (Å²) in [6.07, 6.45) is 4.85. The van der Waals surface area contributed by atoms with Crippen molar-refractivity contribution in [2.24, 2.45) is 0 Å². The Hall–Kier alpha value is -3.45. The van der Waals surface area contributed by atoms with Gasteiger partial charge < -0.3 is 10.2 Å². The van der Waals surface area contributed by atoms with Crippen molar-refractivity contribution in [3.05, 3.63) is 77.9 Å². The molecular formula is C26H30N4O3. The highest BCUT2D eigenvalue weighted by Gasteiger charge is 2.38. The fourth-order valence-electron chi connectivity index (χ4n) is 4.20. The predicted octanol–water partition coefficient (Wildman–Crippen LogP) is 2.74. The van der Waals surface area contributed by atoms with Gasteiger partial charge in [0.1, 0.15) is 6.04 Å². The number of urea groups is 1. The Bertz CT molecular complexity index is 985. The van der Waals surface area contributed by atoms with Gasteiger partial charge in [-0.2, -0.15) is 0 Å². The van der Waals surface area contributed by atoms with Crippen LogP contribution in [0.25, 0.3) is 6.08 Å². The average molecular weight is 447 g/mol. The summed E-state index contributed by atoms with van der Waals surface area (Å²) in [4.78, 5) is 43.0. The van der Waals surface area contributed by atoms with E-state index in [0.29, 0.717) is 19.5 Å². The summed E-state index contributed by atoms with van der Waals surface area (Å²) in [6, 6.07) is 18.6. The van der Waals surface area contributed by atoms with Gasteiger partial charge in [0.05, 0.1) is 6.54 Å². The quantitative estimate of drug-likeness (QED) is 0.633. The lowest BCUT2D eigenvalue weighted by Gasteiger charge is -2.34. The average Bonchev–Trinajstić information content (AvgIpc) is 3.12. The zero-order chi connectivity index (χ0) is 23.0. The number of benzene rings is 2. The maximum atomic E-state index is 12.7. The van der Waals surface area contributed by atoms with Gasteiger partial charge in [0.25, 0.3) is 5.91 Å². The summed E-state index contributed by atoms with van der Waals surface area (Å²) in [5, 5.41) is 2.73. The molecule has 2 aliphatic heterocycles. The normalized spacial score (nSPS) is 19.3. The second-order valence-corrected chi connectivity index (χ2v) is 8.45. The Balaban J connectivity index is 1.18. The molecular weight excluding hydrogens is 416 g/mol. The van der Waals surface area contributed by atoms with Crippen LogP contribution < -0.4 is 5.32 Å². The van der Waals surface area contributed by atoms with Crippen LogP contribution >= 0.6 is 0 Å². The van der Waals surface area contributed by atoms with E-state index in [2.05, 4.69) is 34.5 Å². The Morgan fingerprint density at radius 1 is 0.939 bits per heavy atom. The van der Waals surface area contributed by atoms with Crippen molar-refractivity contribution < 1.29 is 14.4 Å². The van der Waals surface area contributed by atoms with Crippen LogP contribution in [0.4, 0.5) is 4.79 Å². The van der Waals surface area contributed by atoms with E-state index in [1.807, 2.05) is 53.4 Å². The van der Waals surface area contributed by atoms with Crippen molar-refractivity contribution in [2.45, 2.75) is 25.4 Å². The molecule has 2 fully saturated rings. The lowest BCUT2D eigenvalue weighted by Crippen LogP contribution is -2.48. The van der Waals surface area contributed by atoms with E-state index in [-0.39, 0.29) is 24.8 Å². The number of hydrogen-bond acceptors (Lipinski definition) is 4. The summed E-state index contributed by atoms with van der Waals surface area (Å²) < 4.78 is 0. The number of rotatable bonds is 8. The summed E-state index contributed by atoms with van der Waals surface area (Å²) in [6.45, 7) is 4.13. The number of hydrogen-bond donors (Lipinski definition) is 1. The molecule has 4 amide bonds. The highest BCUT2D eigenvalue weighted by molar-refractivity contribution is 6.04. The molecule has 7 nitrogen and oxygen atoms in total. The van der Waals surface area contributed by atoms with Gasteiger partial charge in [-0.3, -0.25) is 19.4 Å². The molecule has 1 atom stereocenters. The summed E-state index contributed by atoms with van der Waals surface area (Å²) in [5.74, 6) is -0.218. The summed E-state index contributed by atoms with van der Waals surface area (Å²) in [7, 11) is 0. The minimum absolute atomic E-state index is 0.0398. The van der Waals surface area contributed by atoms with Crippen molar-refractivity contribution in [2.75, 3.05) is 32.7 Å². The molecule has 0 saturated carbocycles. The molecule has 2 aliphatic rings. The van der Waals surface area contributed by atoms with Gasteiger partial charge in [0.15, 0.2) is 0 Å². The second kappa shape index (κ2) is 10.9. The van der Waals surface area contributed by atoms with Crippen LogP contribution in [-0.4, -0.2) is 71.3 Å². The monoisotopic (exact) mass is 446 g/mol. The van der Waals surface area contributed by atoms with Crippen molar-refractivity contribution in [3.63, 3.8) is 0 Å². The molecule has 0 spiro atoms. The van der Waals surface area contributed by atoms with Crippen LogP contribution in [0.5, 0.6) is 0 Å². The number of amides is 4. The zero-order valence-corrected chi connectivity index (χ0v) is 18.7. The summed E-state index contributed by atoms with van der Waals surface area (Å²) >= 11 is 0. The van der Waals surface area contributed by atoms with E-state index in [4.69, 9.17) is 0 Å². The topological polar surface area (TPSA) is 73.0 Å². The summed E-state index contributed by atoms with van der Waals surface area (Å²) in [5.41, 5.74) is 2.08. The van der Waals surface area contributed by atoms with Gasteiger partial charge in [-0.1, -0.05) is 72.8 Å². The van der Waals surface area contributed by atoms with E-state index in [1.54, 1.807) is 0 Å². The molecule has 1 unspecified atom stereocenters. The van der Waals surface area contributed by atoms with Crippen LogP contribution in [-0.2, 0) is 16.1 Å². The van der Waals surface area contributed by atoms with Crippen LogP contribution in [0.1, 0.15) is 24.0 Å². The minimum atomic E-state index is -0.630. The Labute approximate surface area is 194 Å².